The zero-order valence-corrected chi connectivity index (χ0v) is 13.2. The van der Waals surface area contributed by atoms with Crippen LogP contribution in [0.1, 0.15) is 16.1 Å². The molecule has 6 heteroatoms. The lowest BCUT2D eigenvalue weighted by atomic mass is 10.1. The quantitative estimate of drug-likeness (QED) is 0.536. The van der Waals surface area contributed by atoms with Gasteiger partial charge in [-0.1, -0.05) is 41.9 Å². The van der Waals surface area contributed by atoms with Gasteiger partial charge in [-0.15, -0.1) is 0 Å². The number of fused-ring (bicyclic) bond motifs is 1. The summed E-state index contributed by atoms with van der Waals surface area (Å²) >= 11 is 6.14. The van der Waals surface area contributed by atoms with Gasteiger partial charge in [0, 0.05) is 5.56 Å². The predicted octanol–water partition coefficient (Wildman–Crippen LogP) is 3.70. The van der Waals surface area contributed by atoms with Gasteiger partial charge in [-0.2, -0.15) is 5.10 Å². The fraction of sp³-hybridized carbons (Fsp3) is 0. The zero-order valence-electron chi connectivity index (χ0n) is 12.4. The van der Waals surface area contributed by atoms with E-state index in [0.717, 1.165) is 5.69 Å². The third kappa shape index (κ3) is 2.35. The number of carbonyl (C=O) groups is 1. The highest BCUT2D eigenvalue weighted by Crippen LogP contribution is 2.23. The Hall–Kier alpha value is -3.05. The molecule has 24 heavy (non-hydrogen) atoms. The van der Waals surface area contributed by atoms with E-state index in [1.54, 1.807) is 35.1 Å². The van der Waals surface area contributed by atoms with E-state index in [-0.39, 0.29) is 11.5 Å². The first-order valence-corrected chi connectivity index (χ1v) is 7.67. The van der Waals surface area contributed by atoms with E-state index >= 15 is 0 Å². The number of halogens is 1. The molecule has 0 saturated heterocycles. The van der Waals surface area contributed by atoms with Crippen LogP contribution in [-0.2, 0) is 0 Å². The molecule has 4 rings (SSSR count). The van der Waals surface area contributed by atoms with E-state index in [2.05, 4.69) is 15.1 Å². The SMILES string of the molecule is O=C(c1ccccc1Cl)c1ncnc2c1cnn2-c1ccccc1. The largest absolute Gasteiger partial charge is 0.287 e. The van der Waals surface area contributed by atoms with Crippen molar-refractivity contribution in [1.29, 1.82) is 0 Å². The smallest absolute Gasteiger partial charge is 0.213 e. The Morgan fingerprint density at radius 2 is 1.71 bits per heavy atom. The number of para-hydroxylation sites is 1. The van der Waals surface area contributed by atoms with Crippen LogP contribution >= 0.6 is 11.6 Å². The van der Waals surface area contributed by atoms with E-state index in [9.17, 15) is 4.79 Å². The Morgan fingerprint density at radius 1 is 0.958 bits per heavy atom. The molecule has 5 nitrogen and oxygen atoms in total. The van der Waals surface area contributed by atoms with E-state index < -0.39 is 0 Å². The number of carbonyl (C=O) groups excluding carboxylic acids is 1. The fourth-order valence-electron chi connectivity index (χ4n) is 2.56. The molecule has 0 radical (unpaired) electrons. The molecule has 0 aliphatic carbocycles. The molecule has 0 unspecified atom stereocenters. The van der Waals surface area contributed by atoms with Gasteiger partial charge in [-0.3, -0.25) is 4.79 Å². The summed E-state index contributed by atoms with van der Waals surface area (Å²) in [7, 11) is 0. The Morgan fingerprint density at radius 3 is 2.50 bits per heavy atom. The highest BCUT2D eigenvalue weighted by Gasteiger charge is 2.19. The molecule has 0 aliphatic rings. The molecule has 0 atom stereocenters. The minimum atomic E-state index is -0.249. The zero-order chi connectivity index (χ0) is 16.5. The van der Waals surface area contributed by atoms with Gasteiger partial charge in [0.2, 0.25) is 5.78 Å². The molecule has 0 amide bonds. The Balaban J connectivity index is 1.88. The van der Waals surface area contributed by atoms with Gasteiger partial charge in [0.1, 0.15) is 12.0 Å². The van der Waals surface area contributed by atoms with Gasteiger partial charge < -0.3 is 0 Å². The minimum absolute atomic E-state index is 0.249. The summed E-state index contributed by atoms with van der Waals surface area (Å²) < 4.78 is 1.68. The Kier molecular flexibility index (Phi) is 3.55. The monoisotopic (exact) mass is 334 g/mol. The number of hydrogen-bond acceptors (Lipinski definition) is 4. The first-order chi connectivity index (χ1) is 11.8. The van der Waals surface area contributed by atoms with E-state index in [4.69, 9.17) is 11.6 Å². The molecular weight excluding hydrogens is 324 g/mol. The number of aromatic nitrogens is 4. The second-order valence-corrected chi connectivity index (χ2v) is 5.57. The highest BCUT2D eigenvalue weighted by molar-refractivity contribution is 6.35. The summed E-state index contributed by atoms with van der Waals surface area (Å²) in [5.41, 5.74) is 2.14. The molecule has 0 aliphatic heterocycles. The molecule has 0 saturated carbocycles. The van der Waals surface area contributed by atoms with Gasteiger partial charge >= 0.3 is 0 Å². The lowest BCUT2D eigenvalue weighted by Crippen LogP contribution is -2.06. The molecule has 4 aromatic rings. The normalized spacial score (nSPS) is 10.9. The number of ketones is 1. The van der Waals surface area contributed by atoms with Crippen molar-refractivity contribution in [2.45, 2.75) is 0 Å². The lowest BCUT2D eigenvalue weighted by molar-refractivity contribution is 0.103. The maximum atomic E-state index is 12.8. The second-order valence-electron chi connectivity index (χ2n) is 5.16. The topological polar surface area (TPSA) is 60.7 Å². The molecule has 0 N–H and O–H groups in total. The maximum absolute atomic E-state index is 12.8. The van der Waals surface area contributed by atoms with Crippen LogP contribution in [0.15, 0.2) is 67.1 Å². The summed E-state index contributed by atoms with van der Waals surface area (Å²) in [5.74, 6) is -0.249. The van der Waals surface area contributed by atoms with Crippen LogP contribution in [0.4, 0.5) is 0 Å². The van der Waals surface area contributed by atoms with Crippen LogP contribution in [-0.4, -0.2) is 25.5 Å². The molecule has 0 spiro atoms. The fourth-order valence-corrected chi connectivity index (χ4v) is 2.78. The van der Waals surface area contributed by atoms with Crippen LogP contribution in [0.2, 0.25) is 5.02 Å². The van der Waals surface area contributed by atoms with Gasteiger partial charge in [0.25, 0.3) is 0 Å². The Labute approximate surface area is 142 Å². The summed E-state index contributed by atoms with van der Waals surface area (Å²) in [6, 6.07) is 16.5. The molecular formula is C18H11ClN4O. The molecule has 0 bridgehead atoms. The van der Waals surface area contributed by atoms with Crippen molar-refractivity contribution in [2.75, 3.05) is 0 Å². The molecule has 2 aromatic carbocycles. The summed E-state index contributed by atoms with van der Waals surface area (Å²) in [6.07, 6.45) is 2.97. The lowest BCUT2D eigenvalue weighted by Gasteiger charge is -2.05. The molecule has 0 fully saturated rings. The highest BCUT2D eigenvalue weighted by atomic mass is 35.5. The van der Waals surface area contributed by atoms with E-state index in [1.807, 2.05) is 30.3 Å². The van der Waals surface area contributed by atoms with Crippen LogP contribution in [0.3, 0.4) is 0 Å². The van der Waals surface area contributed by atoms with Crippen LogP contribution in [0.25, 0.3) is 16.7 Å². The predicted molar refractivity (Wildman–Crippen MR) is 91.5 cm³/mol. The summed E-state index contributed by atoms with van der Waals surface area (Å²) in [5, 5.41) is 5.34. The van der Waals surface area contributed by atoms with Crippen molar-refractivity contribution >= 4 is 28.4 Å². The third-order valence-electron chi connectivity index (χ3n) is 3.70. The van der Waals surface area contributed by atoms with Crippen molar-refractivity contribution in [1.82, 2.24) is 19.7 Å². The standard InChI is InChI=1S/C18H11ClN4O/c19-15-9-5-4-8-13(15)17(24)16-14-10-22-23(18(14)21-11-20-16)12-6-2-1-3-7-12/h1-11H. The summed E-state index contributed by atoms with van der Waals surface area (Å²) in [6.45, 7) is 0. The van der Waals surface area contributed by atoms with Gasteiger partial charge in [0.15, 0.2) is 5.65 Å². The van der Waals surface area contributed by atoms with Crippen LogP contribution < -0.4 is 0 Å². The number of benzene rings is 2. The van der Waals surface area contributed by atoms with E-state index in [1.165, 1.54) is 6.33 Å². The van der Waals surface area contributed by atoms with Crippen molar-refractivity contribution in [3.63, 3.8) is 0 Å². The average Bonchev–Trinajstić information content (AvgIpc) is 3.06. The first-order valence-electron chi connectivity index (χ1n) is 7.29. The van der Waals surface area contributed by atoms with Crippen molar-refractivity contribution in [3.8, 4) is 5.69 Å². The number of nitrogens with zero attached hydrogens (tertiary/aromatic N) is 4. The number of rotatable bonds is 3. The van der Waals surface area contributed by atoms with Crippen LogP contribution in [0, 0.1) is 0 Å². The van der Waals surface area contributed by atoms with Crippen molar-refractivity contribution in [2.24, 2.45) is 0 Å². The van der Waals surface area contributed by atoms with Gasteiger partial charge in [-0.25, -0.2) is 14.6 Å². The number of hydrogen-bond donors (Lipinski definition) is 0. The molecule has 2 heterocycles. The third-order valence-corrected chi connectivity index (χ3v) is 4.03. The van der Waals surface area contributed by atoms with E-state index in [0.29, 0.717) is 21.6 Å². The van der Waals surface area contributed by atoms with Gasteiger partial charge in [-0.05, 0) is 24.3 Å². The summed E-state index contributed by atoms with van der Waals surface area (Å²) in [4.78, 5) is 21.3. The first kappa shape index (κ1) is 14.5. The maximum Gasteiger partial charge on any atom is 0.213 e. The van der Waals surface area contributed by atoms with Crippen LogP contribution in [0.5, 0.6) is 0 Å². The second kappa shape index (κ2) is 5.86. The van der Waals surface area contributed by atoms with Gasteiger partial charge in [0.05, 0.1) is 22.3 Å². The molecule has 2 aromatic heterocycles. The Bertz CT molecular complexity index is 1040. The average molecular weight is 335 g/mol. The van der Waals surface area contributed by atoms with Crippen molar-refractivity contribution < 1.29 is 4.79 Å². The van der Waals surface area contributed by atoms with Crippen molar-refractivity contribution in [3.05, 3.63) is 83.4 Å². The molecule has 116 valence electrons. The minimum Gasteiger partial charge on any atom is -0.287 e.